The number of ether oxygens (including phenoxy) is 1. The zero-order valence-corrected chi connectivity index (χ0v) is 16.3. The quantitative estimate of drug-likeness (QED) is 0.531. The summed E-state index contributed by atoms with van der Waals surface area (Å²) in [5.41, 5.74) is 2.68. The van der Waals surface area contributed by atoms with Gasteiger partial charge in [0, 0.05) is 11.1 Å². The first-order chi connectivity index (χ1) is 13.2. The van der Waals surface area contributed by atoms with Crippen molar-refractivity contribution in [1.82, 2.24) is 0 Å². The Morgan fingerprint density at radius 3 is 2.52 bits per heavy atom. The Hall–Kier alpha value is -2.50. The van der Waals surface area contributed by atoms with Crippen LogP contribution in [-0.4, -0.2) is 16.6 Å². The standard InChI is InChI=1S/C22H17NO2S2/c1-25-20-12-11-16(17-9-5-6-10-18(17)20)13-19-21(24)27-22(23-19)26-14-15-7-3-2-4-8-15/h2-13H,14H2,1H3/b19-13-. The summed E-state index contributed by atoms with van der Waals surface area (Å²) in [5.74, 6) is 1.63. The third kappa shape index (κ3) is 3.94. The first-order valence-electron chi connectivity index (χ1n) is 8.49. The van der Waals surface area contributed by atoms with Gasteiger partial charge in [0.05, 0.1) is 7.11 Å². The monoisotopic (exact) mass is 391 g/mol. The number of hydrogen-bond acceptors (Lipinski definition) is 5. The van der Waals surface area contributed by atoms with E-state index in [2.05, 4.69) is 17.1 Å². The molecular formula is C22H17NO2S2. The molecule has 0 saturated carbocycles. The molecule has 0 aromatic heterocycles. The average Bonchev–Trinajstić information content (AvgIpc) is 3.07. The van der Waals surface area contributed by atoms with Gasteiger partial charge >= 0.3 is 0 Å². The third-order valence-corrected chi connectivity index (χ3v) is 6.32. The van der Waals surface area contributed by atoms with Crippen LogP contribution >= 0.6 is 23.5 Å². The number of thioether (sulfide) groups is 2. The lowest BCUT2D eigenvalue weighted by Crippen LogP contribution is -1.90. The second-order valence-electron chi connectivity index (χ2n) is 5.97. The summed E-state index contributed by atoms with van der Waals surface area (Å²) in [6.45, 7) is 0. The van der Waals surface area contributed by atoms with Gasteiger partial charge in [-0.2, -0.15) is 0 Å². The highest BCUT2D eigenvalue weighted by atomic mass is 32.2. The Bertz CT molecular complexity index is 1060. The van der Waals surface area contributed by atoms with E-state index in [9.17, 15) is 4.79 Å². The van der Waals surface area contributed by atoms with Gasteiger partial charge in [0.2, 0.25) is 5.12 Å². The van der Waals surface area contributed by atoms with Crippen molar-refractivity contribution in [2.24, 2.45) is 4.99 Å². The molecule has 3 aromatic carbocycles. The predicted octanol–water partition coefficient (Wildman–Crippen LogP) is 5.75. The van der Waals surface area contributed by atoms with E-state index in [0.29, 0.717) is 5.70 Å². The Morgan fingerprint density at radius 2 is 1.74 bits per heavy atom. The second-order valence-corrected chi connectivity index (χ2v) is 8.16. The molecule has 1 aliphatic rings. The number of methoxy groups -OCH3 is 1. The van der Waals surface area contributed by atoms with Gasteiger partial charge in [0.1, 0.15) is 15.8 Å². The van der Waals surface area contributed by atoms with Crippen LogP contribution in [0.25, 0.3) is 16.8 Å². The smallest absolute Gasteiger partial charge is 0.244 e. The van der Waals surface area contributed by atoms with E-state index in [-0.39, 0.29) is 5.12 Å². The lowest BCUT2D eigenvalue weighted by molar-refractivity contribution is -0.107. The Morgan fingerprint density at radius 1 is 1.00 bits per heavy atom. The van der Waals surface area contributed by atoms with E-state index in [1.165, 1.54) is 17.3 Å². The Kier molecular flexibility index (Phi) is 5.32. The highest BCUT2D eigenvalue weighted by Crippen LogP contribution is 2.35. The van der Waals surface area contributed by atoms with E-state index < -0.39 is 0 Å². The molecule has 27 heavy (non-hydrogen) atoms. The van der Waals surface area contributed by atoms with Gasteiger partial charge in [0.25, 0.3) is 0 Å². The topological polar surface area (TPSA) is 38.7 Å². The lowest BCUT2D eigenvalue weighted by atomic mass is 10.0. The van der Waals surface area contributed by atoms with Crippen LogP contribution in [0.3, 0.4) is 0 Å². The molecule has 0 N–H and O–H groups in total. The number of carbonyl (C=O) groups excluding carboxylic acids is 1. The summed E-state index contributed by atoms with van der Waals surface area (Å²) >= 11 is 2.80. The fraction of sp³-hybridized carbons (Fsp3) is 0.0909. The molecule has 1 heterocycles. The van der Waals surface area contributed by atoms with Crippen LogP contribution in [0.15, 0.2) is 77.4 Å². The van der Waals surface area contributed by atoms with E-state index in [1.807, 2.05) is 60.7 Å². The first kappa shape index (κ1) is 17.9. The fourth-order valence-corrected chi connectivity index (χ4v) is 4.71. The summed E-state index contributed by atoms with van der Waals surface area (Å²) in [5, 5.41) is 2.06. The molecule has 0 fully saturated rings. The number of carbonyl (C=O) groups is 1. The minimum Gasteiger partial charge on any atom is -0.496 e. The summed E-state index contributed by atoms with van der Waals surface area (Å²) in [6, 6.07) is 22.1. The number of nitrogens with zero attached hydrogens (tertiary/aromatic N) is 1. The van der Waals surface area contributed by atoms with Crippen molar-refractivity contribution >= 4 is 49.9 Å². The molecule has 0 amide bonds. The Balaban J connectivity index is 1.61. The molecule has 5 heteroatoms. The molecule has 3 aromatic rings. The fourth-order valence-electron chi connectivity index (χ4n) is 2.92. The lowest BCUT2D eigenvalue weighted by Gasteiger charge is -2.08. The Labute approximate surface area is 166 Å². The zero-order chi connectivity index (χ0) is 18.6. The normalized spacial score (nSPS) is 15.4. The van der Waals surface area contributed by atoms with E-state index >= 15 is 0 Å². The van der Waals surface area contributed by atoms with Gasteiger partial charge < -0.3 is 4.74 Å². The first-order valence-corrected chi connectivity index (χ1v) is 10.3. The molecule has 0 unspecified atom stereocenters. The maximum absolute atomic E-state index is 12.4. The van der Waals surface area contributed by atoms with Crippen molar-refractivity contribution in [3.8, 4) is 5.75 Å². The van der Waals surface area contributed by atoms with Crippen LogP contribution in [0.2, 0.25) is 0 Å². The van der Waals surface area contributed by atoms with Crippen LogP contribution in [0.5, 0.6) is 5.75 Å². The van der Waals surface area contributed by atoms with Crippen molar-refractivity contribution in [1.29, 1.82) is 0 Å². The molecule has 0 bridgehead atoms. The minimum atomic E-state index is -0.00883. The molecular weight excluding hydrogens is 374 g/mol. The van der Waals surface area contributed by atoms with Gasteiger partial charge in [-0.25, -0.2) is 4.99 Å². The van der Waals surface area contributed by atoms with Gasteiger partial charge in [-0.1, -0.05) is 72.4 Å². The van der Waals surface area contributed by atoms with Crippen molar-refractivity contribution < 1.29 is 9.53 Å². The van der Waals surface area contributed by atoms with Crippen LogP contribution < -0.4 is 4.74 Å². The average molecular weight is 392 g/mol. The van der Waals surface area contributed by atoms with Gasteiger partial charge in [-0.05, 0) is 40.4 Å². The molecule has 3 nitrogen and oxygen atoms in total. The van der Waals surface area contributed by atoms with Crippen molar-refractivity contribution in [3.63, 3.8) is 0 Å². The number of benzene rings is 3. The summed E-state index contributed by atoms with van der Waals surface area (Å²) in [7, 11) is 1.66. The number of rotatable bonds is 4. The van der Waals surface area contributed by atoms with Crippen molar-refractivity contribution in [3.05, 3.63) is 83.6 Å². The van der Waals surface area contributed by atoms with Crippen LogP contribution in [0.4, 0.5) is 0 Å². The highest BCUT2D eigenvalue weighted by molar-refractivity contribution is 8.45. The molecule has 4 rings (SSSR count). The summed E-state index contributed by atoms with van der Waals surface area (Å²) in [6.07, 6.45) is 1.87. The number of aliphatic imine (C=N–C) groups is 1. The minimum absolute atomic E-state index is 0.00883. The molecule has 0 spiro atoms. The van der Waals surface area contributed by atoms with E-state index in [1.54, 1.807) is 18.9 Å². The number of hydrogen-bond donors (Lipinski definition) is 0. The van der Waals surface area contributed by atoms with Crippen LogP contribution in [0, 0.1) is 0 Å². The molecule has 0 saturated heterocycles. The van der Waals surface area contributed by atoms with Gasteiger partial charge in [-0.3, -0.25) is 4.79 Å². The van der Waals surface area contributed by atoms with Crippen molar-refractivity contribution in [2.45, 2.75) is 5.75 Å². The summed E-state index contributed by atoms with van der Waals surface area (Å²) in [4.78, 5) is 17.0. The maximum Gasteiger partial charge on any atom is 0.244 e. The molecule has 1 aliphatic heterocycles. The third-order valence-electron chi connectivity index (χ3n) is 4.24. The maximum atomic E-state index is 12.4. The van der Waals surface area contributed by atoms with Crippen LogP contribution in [-0.2, 0) is 10.5 Å². The van der Waals surface area contributed by atoms with E-state index in [4.69, 9.17) is 4.74 Å². The predicted molar refractivity (Wildman–Crippen MR) is 116 cm³/mol. The zero-order valence-electron chi connectivity index (χ0n) is 14.7. The molecule has 0 atom stereocenters. The molecule has 0 radical (unpaired) electrons. The highest BCUT2D eigenvalue weighted by Gasteiger charge is 2.22. The molecule has 0 aliphatic carbocycles. The second kappa shape index (κ2) is 8.03. The van der Waals surface area contributed by atoms with Gasteiger partial charge in [0.15, 0.2) is 0 Å². The molecule has 134 valence electrons. The van der Waals surface area contributed by atoms with Gasteiger partial charge in [-0.15, -0.1) is 0 Å². The van der Waals surface area contributed by atoms with Crippen molar-refractivity contribution in [2.75, 3.05) is 7.11 Å². The van der Waals surface area contributed by atoms with E-state index in [0.717, 1.165) is 32.2 Å². The largest absolute Gasteiger partial charge is 0.496 e. The number of fused-ring (bicyclic) bond motifs is 1. The summed E-state index contributed by atoms with van der Waals surface area (Å²) < 4.78 is 6.24. The van der Waals surface area contributed by atoms with Crippen LogP contribution in [0.1, 0.15) is 11.1 Å². The SMILES string of the molecule is COc1ccc(/C=C2\N=C(SCc3ccccc3)SC2=O)c2ccccc12.